The maximum absolute atomic E-state index is 9.75. The molecule has 0 aromatic carbocycles. The predicted octanol–water partition coefficient (Wildman–Crippen LogP) is 0.432. The zero-order valence-corrected chi connectivity index (χ0v) is 8.91. The Morgan fingerprint density at radius 2 is 2.21 bits per heavy atom. The molecule has 0 saturated carbocycles. The zero-order chi connectivity index (χ0) is 10.3. The molecule has 1 saturated heterocycles. The molecule has 2 heterocycles. The molecule has 1 aromatic heterocycles. The Balaban J connectivity index is 2.36. The van der Waals surface area contributed by atoms with Gasteiger partial charge in [0.1, 0.15) is 5.82 Å². The van der Waals surface area contributed by atoms with Crippen LogP contribution in [0.3, 0.4) is 0 Å². The third kappa shape index (κ3) is 1.35. The van der Waals surface area contributed by atoms with E-state index < -0.39 is 0 Å². The van der Waals surface area contributed by atoms with Crippen LogP contribution in [0.4, 0.5) is 0 Å². The summed E-state index contributed by atoms with van der Waals surface area (Å²) in [6.45, 7) is 4.92. The SMILES string of the molecule is Cc1nc(C2NCCC2O)n(C)c1C. The normalized spacial score (nSPS) is 27.1. The topological polar surface area (TPSA) is 50.1 Å². The summed E-state index contributed by atoms with van der Waals surface area (Å²) in [5.74, 6) is 0.949. The summed E-state index contributed by atoms with van der Waals surface area (Å²) in [5, 5.41) is 13.0. The van der Waals surface area contributed by atoms with E-state index in [0.29, 0.717) is 0 Å². The van der Waals surface area contributed by atoms with Gasteiger partial charge in [0.25, 0.3) is 0 Å². The zero-order valence-electron chi connectivity index (χ0n) is 8.91. The highest BCUT2D eigenvalue weighted by atomic mass is 16.3. The van der Waals surface area contributed by atoms with Gasteiger partial charge in [0, 0.05) is 12.7 Å². The van der Waals surface area contributed by atoms with Crippen molar-refractivity contribution >= 4 is 0 Å². The predicted molar refractivity (Wildman–Crippen MR) is 54.0 cm³/mol. The van der Waals surface area contributed by atoms with Crippen LogP contribution in [0, 0.1) is 13.8 Å². The van der Waals surface area contributed by atoms with Crippen molar-refractivity contribution in [3.05, 3.63) is 17.2 Å². The van der Waals surface area contributed by atoms with Crippen molar-refractivity contribution < 1.29 is 5.11 Å². The molecule has 2 atom stereocenters. The molecule has 0 spiro atoms. The highest BCUT2D eigenvalue weighted by Gasteiger charge is 2.30. The summed E-state index contributed by atoms with van der Waals surface area (Å²) in [6.07, 6.45) is 0.519. The number of aromatic nitrogens is 2. The minimum atomic E-state index is -0.296. The van der Waals surface area contributed by atoms with E-state index in [0.717, 1.165) is 24.5 Å². The molecule has 2 N–H and O–H groups in total. The minimum absolute atomic E-state index is 0.00685. The van der Waals surface area contributed by atoms with E-state index in [4.69, 9.17) is 0 Å². The van der Waals surface area contributed by atoms with Gasteiger partial charge in [-0.1, -0.05) is 0 Å². The Hall–Kier alpha value is -0.870. The molecule has 4 nitrogen and oxygen atoms in total. The number of imidazole rings is 1. The molecule has 1 aliphatic rings. The molecule has 0 bridgehead atoms. The fourth-order valence-electron chi connectivity index (χ4n) is 1.97. The Kier molecular flexibility index (Phi) is 2.33. The van der Waals surface area contributed by atoms with Gasteiger partial charge in [-0.2, -0.15) is 0 Å². The second-order valence-electron chi connectivity index (χ2n) is 3.99. The first kappa shape index (κ1) is 9.68. The van der Waals surface area contributed by atoms with Gasteiger partial charge in [-0.15, -0.1) is 0 Å². The lowest BCUT2D eigenvalue weighted by atomic mass is 10.1. The van der Waals surface area contributed by atoms with Crippen LogP contribution in [0.25, 0.3) is 0 Å². The van der Waals surface area contributed by atoms with E-state index >= 15 is 0 Å². The van der Waals surface area contributed by atoms with Crippen molar-refractivity contribution in [2.45, 2.75) is 32.4 Å². The number of aliphatic hydroxyl groups is 1. The number of aliphatic hydroxyl groups excluding tert-OH is 1. The van der Waals surface area contributed by atoms with Gasteiger partial charge in [0.15, 0.2) is 0 Å². The molecule has 1 fully saturated rings. The monoisotopic (exact) mass is 195 g/mol. The maximum Gasteiger partial charge on any atom is 0.128 e. The highest BCUT2D eigenvalue weighted by Crippen LogP contribution is 2.23. The fourth-order valence-corrected chi connectivity index (χ4v) is 1.97. The summed E-state index contributed by atoms with van der Waals surface area (Å²) < 4.78 is 2.06. The number of rotatable bonds is 1. The molecular weight excluding hydrogens is 178 g/mol. The molecule has 2 unspecified atom stereocenters. The van der Waals surface area contributed by atoms with E-state index in [1.807, 2.05) is 20.9 Å². The van der Waals surface area contributed by atoms with Crippen molar-refractivity contribution in [1.29, 1.82) is 0 Å². The first-order valence-corrected chi connectivity index (χ1v) is 5.02. The van der Waals surface area contributed by atoms with E-state index in [2.05, 4.69) is 14.9 Å². The number of aryl methyl sites for hydroxylation is 1. The van der Waals surface area contributed by atoms with Crippen LogP contribution in [-0.4, -0.2) is 27.3 Å². The Bertz CT molecular complexity index is 345. The van der Waals surface area contributed by atoms with Crippen molar-refractivity contribution in [1.82, 2.24) is 14.9 Å². The highest BCUT2D eigenvalue weighted by molar-refractivity contribution is 5.17. The fraction of sp³-hybridized carbons (Fsp3) is 0.700. The van der Waals surface area contributed by atoms with Gasteiger partial charge in [-0.25, -0.2) is 4.98 Å². The molecule has 2 rings (SSSR count). The summed E-state index contributed by atoms with van der Waals surface area (Å²) in [6, 6.07) is 0.00685. The minimum Gasteiger partial charge on any atom is -0.391 e. The van der Waals surface area contributed by atoms with Crippen LogP contribution in [0.1, 0.15) is 29.7 Å². The van der Waals surface area contributed by atoms with Gasteiger partial charge in [0.05, 0.1) is 17.8 Å². The molecule has 14 heavy (non-hydrogen) atoms. The largest absolute Gasteiger partial charge is 0.391 e. The quantitative estimate of drug-likeness (QED) is 0.683. The van der Waals surface area contributed by atoms with Gasteiger partial charge in [0.2, 0.25) is 0 Å². The van der Waals surface area contributed by atoms with Crippen LogP contribution in [0.15, 0.2) is 0 Å². The number of nitrogens with zero attached hydrogens (tertiary/aromatic N) is 2. The molecule has 0 amide bonds. The first-order valence-electron chi connectivity index (χ1n) is 5.02. The Morgan fingerprint density at radius 3 is 2.64 bits per heavy atom. The van der Waals surface area contributed by atoms with Gasteiger partial charge in [-0.05, 0) is 26.8 Å². The summed E-state index contributed by atoms with van der Waals surface area (Å²) in [7, 11) is 2.00. The van der Waals surface area contributed by atoms with Crippen LogP contribution in [-0.2, 0) is 7.05 Å². The van der Waals surface area contributed by atoms with E-state index in [9.17, 15) is 5.11 Å². The van der Waals surface area contributed by atoms with Gasteiger partial charge >= 0.3 is 0 Å². The second-order valence-corrected chi connectivity index (χ2v) is 3.99. The lowest BCUT2D eigenvalue weighted by Crippen LogP contribution is -2.24. The Labute approximate surface area is 84.0 Å². The standard InChI is InChI=1S/C10H17N3O/c1-6-7(2)13(3)10(12-6)9-8(14)4-5-11-9/h8-9,11,14H,4-5H2,1-3H3. The average molecular weight is 195 g/mol. The van der Waals surface area contributed by atoms with Crippen molar-refractivity contribution in [3.63, 3.8) is 0 Å². The lowest BCUT2D eigenvalue weighted by molar-refractivity contribution is 0.155. The summed E-state index contributed by atoms with van der Waals surface area (Å²) in [4.78, 5) is 4.48. The Morgan fingerprint density at radius 1 is 1.50 bits per heavy atom. The van der Waals surface area contributed by atoms with Crippen LogP contribution >= 0.6 is 0 Å². The molecule has 4 heteroatoms. The third-order valence-electron chi connectivity index (χ3n) is 3.12. The van der Waals surface area contributed by atoms with E-state index in [1.54, 1.807) is 0 Å². The van der Waals surface area contributed by atoms with Crippen molar-refractivity contribution in [2.24, 2.45) is 7.05 Å². The molecule has 1 aromatic rings. The van der Waals surface area contributed by atoms with Crippen LogP contribution in [0.2, 0.25) is 0 Å². The van der Waals surface area contributed by atoms with Crippen molar-refractivity contribution in [2.75, 3.05) is 6.54 Å². The third-order valence-corrected chi connectivity index (χ3v) is 3.12. The van der Waals surface area contributed by atoms with E-state index in [-0.39, 0.29) is 12.1 Å². The molecular formula is C10H17N3O. The van der Waals surface area contributed by atoms with Crippen LogP contribution < -0.4 is 5.32 Å². The first-order chi connectivity index (χ1) is 6.61. The summed E-state index contributed by atoms with van der Waals surface area (Å²) in [5.41, 5.74) is 2.21. The smallest absolute Gasteiger partial charge is 0.128 e. The lowest BCUT2D eigenvalue weighted by Gasteiger charge is -2.14. The van der Waals surface area contributed by atoms with E-state index in [1.165, 1.54) is 5.69 Å². The van der Waals surface area contributed by atoms with Crippen LogP contribution in [0.5, 0.6) is 0 Å². The second kappa shape index (κ2) is 3.37. The summed E-state index contributed by atoms with van der Waals surface area (Å²) >= 11 is 0. The molecule has 78 valence electrons. The molecule has 1 aliphatic heterocycles. The van der Waals surface area contributed by atoms with Crippen molar-refractivity contribution in [3.8, 4) is 0 Å². The van der Waals surface area contributed by atoms with Gasteiger partial charge in [-0.3, -0.25) is 0 Å². The number of hydrogen-bond acceptors (Lipinski definition) is 3. The molecule has 0 radical (unpaired) electrons. The molecule has 0 aliphatic carbocycles. The average Bonchev–Trinajstić information content (AvgIpc) is 2.66. The maximum atomic E-state index is 9.75. The van der Waals surface area contributed by atoms with Gasteiger partial charge < -0.3 is 15.0 Å². The number of nitrogens with one attached hydrogen (secondary N) is 1. The number of hydrogen-bond donors (Lipinski definition) is 2.